The van der Waals surface area contributed by atoms with E-state index in [0.29, 0.717) is 5.75 Å². The van der Waals surface area contributed by atoms with Gasteiger partial charge in [-0.3, -0.25) is 13.9 Å². The number of nitrogens with one attached hydrogen (secondary N) is 1. The average Bonchev–Trinajstić information content (AvgIpc) is 3.13. The van der Waals surface area contributed by atoms with Crippen LogP contribution in [0.4, 0.5) is 5.69 Å². The number of sulfonamides is 1. The van der Waals surface area contributed by atoms with Crippen molar-refractivity contribution in [2.45, 2.75) is 69.0 Å². The van der Waals surface area contributed by atoms with Gasteiger partial charge in [0.15, 0.2) is 0 Å². The summed E-state index contributed by atoms with van der Waals surface area (Å²) in [7, 11) is -1.34. The Hall–Kier alpha value is -4.83. The van der Waals surface area contributed by atoms with Crippen LogP contribution in [0.1, 0.15) is 48.8 Å². The number of para-hydroxylation sites is 2. The van der Waals surface area contributed by atoms with Crippen LogP contribution < -0.4 is 19.1 Å². The topological polar surface area (TPSA) is 105 Å². The molecule has 1 aliphatic rings. The standard InChI is InChI=1S/C39H45N3O6S/c1-29-18-20-31(21-19-29)27-41(36(26-30-12-6-4-7-13-30)39(44)40-32-14-8-5-9-15-32)38(43)28-42(35-16-10-11-17-37(35)48-3)49(45,46)34-24-22-33(47-2)23-25-34/h4,6-7,10-13,16-25,32,36H,5,8-9,14-15,26-28H2,1-3H3,(H,40,44). The van der Waals surface area contributed by atoms with Crippen LogP contribution >= 0.6 is 0 Å². The molecule has 9 nitrogen and oxygen atoms in total. The Morgan fingerprint density at radius 3 is 2.10 bits per heavy atom. The number of aryl methyl sites for hydroxylation is 1. The van der Waals surface area contributed by atoms with Crippen LogP contribution in [0, 0.1) is 6.92 Å². The van der Waals surface area contributed by atoms with Gasteiger partial charge < -0.3 is 19.7 Å². The smallest absolute Gasteiger partial charge is 0.264 e. The molecule has 0 aromatic heterocycles. The summed E-state index contributed by atoms with van der Waals surface area (Å²) in [6.45, 7) is 1.53. The van der Waals surface area contributed by atoms with Gasteiger partial charge in [0.1, 0.15) is 24.1 Å². The molecule has 1 aliphatic carbocycles. The first-order valence-electron chi connectivity index (χ1n) is 16.7. The van der Waals surface area contributed by atoms with Gasteiger partial charge in [0.2, 0.25) is 11.8 Å². The Morgan fingerprint density at radius 2 is 1.45 bits per heavy atom. The van der Waals surface area contributed by atoms with E-state index < -0.39 is 28.5 Å². The summed E-state index contributed by atoms with van der Waals surface area (Å²) in [5.41, 5.74) is 2.98. The van der Waals surface area contributed by atoms with E-state index in [0.717, 1.165) is 53.1 Å². The molecule has 0 spiro atoms. The molecule has 0 bridgehead atoms. The number of nitrogens with zero attached hydrogens (tertiary/aromatic N) is 2. The van der Waals surface area contributed by atoms with E-state index in [-0.39, 0.29) is 41.2 Å². The molecule has 1 atom stereocenters. The number of amides is 2. The van der Waals surface area contributed by atoms with Gasteiger partial charge in [-0.1, -0.05) is 91.6 Å². The molecule has 5 rings (SSSR count). The van der Waals surface area contributed by atoms with Gasteiger partial charge in [-0.2, -0.15) is 0 Å². The van der Waals surface area contributed by atoms with Gasteiger partial charge in [0, 0.05) is 19.0 Å². The van der Waals surface area contributed by atoms with Crippen LogP contribution in [0.15, 0.2) is 108 Å². The van der Waals surface area contributed by atoms with Gasteiger partial charge >= 0.3 is 0 Å². The molecule has 4 aromatic carbocycles. The highest BCUT2D eigenvalue weighted by Crippen LogP contribution is 2.33. The minimum atomic E-state index is -4.30. The minimum Gasteiger partial charge on any atom is -0.497 e. The molecule has 4 aromatic rings. The molecule has 0 aliphatic heterocycles. The first-order chi connectivity index (χ1) is 23.7. The van der Waals surface area contributed by atoms with Gasteiger partial charge in [0.25, 0.3) is 10.0 Å². The Labute approximate surface area is 289 Å². The maximum atomic E-state index is 14.8. The molecule has 1 fully saturated rings. The lowest BCUT2D eigenvalue weighted by atomic mass is 9.94. The maximum absolute atomic E-state index is 14.8. The van der Waals surface area contributed by atoms with Crippen molar-refractivity contribution in [3.8, 4) is 11.5 Å². The first-order valence-corrected chi connectivity index (χ1v) is 18.1. The van der Waals surface area contributed by atoms with Gasteiger partial charge in [-0.05, 0) is 67.3 Å². The van der Waals surface area contributed by atoms with Crippen molar-refractivity contribution in [3.63, 3.8) is 0 Å². The second-order valence-corrected chi connectivity index (χ2v) is 14.3. The number of carbonyl (C=O) groups is 2. The number of benzene rings is 4. The summed E-state index contributed by atoms with van der Waals surface area (Å²) in [6.07, 6.45) is 5.25. The SMILES string of the molecule is COc1ccc(S(=O)(=O)N(CC(=O)N(Cc2ccc(C)cc2)C(Cc2ccccc2)C(=O)NC2CCCCC2)c2ccccc2OC)cc1. The molecule has 0 saturated heterocycles. The molecular formula is C39H45N3O6S. The average molecular weight is 684 g/mol. The largest absolute Gasteiger partial charge is 0.497 e. The number of hydrogen-bond donors (Lipinski definition) is 1. The van der Waals surface area contributed by atoms with Crippen molar-refractivity contribution >= 4 is 27.5 Å². The predicted octanol–water partition coefficient (Wildman–Crippen LogP) is 6.30. The number of ether oxygens (including phenoxy) is 2. The lowest BCUT2D eigenvalue weighted by Crippen LogP contribution is -2.55. The van der Waals surface area contributed by atoms with E-state index in [1.165, 1.54) is 31.3 Å². The Kier molecular flexibility index (Phi) is 12.0. The monoisotopic (exact) mass is 683 g/mol. The fourth-order valence-electron chi connectivity index (χ4n) is 6.21. The van der Waals surface area contributed by atoms with Crippen LogP contribution in [0.25, 0.3) is 0 Å². The third kappa shape index (κ3) is 9.00. The Balaban J connectivity index is 1.58. The number of hydrogen-bond acceptors (Lipinski definition) is 6. The molecular weight excluding hydrogens is 639 g/mol. The zero-order valence-electron chi connectivity index (χ0n) is 28.4. The Bertz CT molecular complexity index is 1790. The molecule has 1 saturated carbocycles. The molecule has 0 radical (unpaired) electrons. The zero-order chi connectivity index (χ0) is 34.8. The van der Waals surface area contributed by atoms with Gasteiger partial charge in [-0.15, -0.1) is 0 Å². The molecule has 10 heteroatoms. The predicted molar refractivity (Wildman–Crippen MR) is 191 cm³/mol. The molecule has 258 valence electrons. The highest BCUT2D eigenvalue weighted by atomic mass is 32.2. The van der Waals surface area contributed by atoms with E-state index >= 15 is 0 Å². The lowest BCUT2D eigenvalue weighted by Gasteiger charge is -2.35. The summed E-state index contributed by atoms with van der Waals surface area (Å²) >= 11 is 0. The van der Waals surface area contributed by atoms with Gasteiger partial charge in [0.05, 0.1) is 24.8 Å². The highest BCUT2D eigenvalue weighted by molar-refractivity contribution is 7.92. The second-order valence-electron chi connectivity index (χ2n) is 12.4. The van der Waals surface area contributed by atoms with Crippen LogP contribution in [0.2, 0.25) is 0 Å². The summed E-state index contributed by atoms with van der Waals surface area (Å²) < 4.78 is 40.7. The quantitative estimate of drug-likeness (QED) is 0.167. The zero-order valence-corrected chi connectivity index (χ0v) is 29.2. The normalized spacial score (nSPS) is 14.0. The van der Waals surface area contributed by atoms with E-state index in [1.807, 2.05) is 61.5 Å². The first kappa shape index (κ1) is 35.5. The van der Waals surface area contributed by atoms with Crippen molar-refractivity contribution in [1.29, 1.82) is 0 Å². The number of rotatable bonds is 14. The van der Waals surface area contributed by atoms with Crippen molar-refractivity contribution in [3.05, 3.63) is 120 Å². The van der Waals surface area contributed by atoms with Crippen molar-refractivity contribution in [1.82, 2.24) is 10.2 Å². The highest BCUT2D eigenvalue weighted by Gasteiger charge is 2.36. The van der Waals surface area contributed by atoms with E-state index in [2.05, 4.69) is 5.32 Å². The number of anilines is 1. The Morgan fingerprint density at radius 1 is 0.796 bits per heavy atom. The fraction of sp³-hybridized carbons (Fsp3) is 0.333. The van der Waals surface area contributed by atoms with Crippen LogP contribution in [0.3, 0.4) is 0 Å². The number of carbonyl (C=O) groups excluding carboxylic acids is 2. The van der Waals surface area contributed by atoms with E-state index in [1.54, 1.807) is 36.4 Å². The molecule has 49 heavy (non-hydrogen) atoms. The minimum absolute atomic E-state index is 0.0204. The van der Waals surface area contributed by atoms with Crippen LogP contribution in [0.5, 0.6) is 11.5 Å². The van der Waals surface area contributed by atoms with Crippen molar-refractivity contribution in [2.75, 3.05) is 25.1 Å². The van der Waals surface area contributed by atoms with Crippen LogP contribution in [-0.4, -0.2) is 58.0 Å². The maximum Gasteiger partial charge on any atom is 0.264 e. The third-order valence-corrected chi connectivity index (χ3v) is 10.8. The van der Waals surface area contributed by atoms with Crippen molar-refractivity contribution < 1.29 is 27.5 Å². The van der Waals surface area contributed by atoms with Crippen LogP contribution in [-0.2, 0) is 32.6 Å². The summed E-state index contributed by atoms with van der Waals surface area (Å²) in [5.74, 6) is 0.00517. The molecule has 1 N–H and O–H groups in total. The molecule has 0 heterocycles. The number of methoxy groups -OCH3 is 2. The second kappa shape index (κ2) is 16.5. The third-order valence-electron chi connectivity index (χ3n) is 8.98. The summed E-state index contributed by atoms with van der Waals surface area (Å²) in [4.78, 5) is 30.6. The van der Waals surface area contributed by atoms with Gasteiger partial charge in [-0.25, -0.2) is 8.42 Å². The molecule has 1 unspecified atom stereocenters. The molecule has 2 amide bonds. The van der Waals surface area contributed by atoms with E-state index in [9.17, 15) is 18.0 Å². The van der Waals surface area contributed by atoms with E-state index in [4.69, 9.17) is 9.47 Å². The lowest BCUT2D eigenvalue weighted by molar-refractivity contribution is -0.140. The van der Waals surface area contributed by atoms with Crippen molar-refractivity contribution in [2.24, 2.45) is 0 Å². The summed E-state index contributed by atoms with van der Waals surface area (Å²) in [5, 5.41) is 3.24. The fourth-order valence-corrected chi connectivity index (χ4v) is 7.64. The summed E-state index contributed by atoms with van der Waals surface area (Å²) in [6, 6.07) is 29.2.